The summed E-state index contributed by atoms with van der Waals surface area (Å²) in [6.45, 7) is 27.0. The maximum absolute atomic E-state index is 14.9. The van der Waals surface area contributed by atoms with Crippen molar-refractivity contribution in [3.8, 4) is 0 Å². The molecule has 2 bridgehead atoms. The lowest BCUT2D eigenvalue weighted by molar-refractivity contribution is -0.174. The second kappa shape index (κ2) is 32.5. The zero-order valence-corrected chi connectivity index (χ0v) is 54.5. The van der Waals surface area contributed by atoms with Crippen LogP contribution in [-0.4, -0.2) is 132 Å². The van der Waals surface area contributed by atoms with Crippen LogP contribution >= 0.6 is 11.6 Å². The lowest BCUT2D eigenvalue weighted by Gasteiger charge is -2.42. The highest BCUT2D eigenvalue weighted by molar-refractivity contribution is 6.74. The summed E-state index contributed by atoms with van der Waals surface area (Å²) in [5.41, 5.74) is 1.69. The lowest BCUT2D eigenvalue weighted by atomic mass is 9.78. The second-order valence-corrected chi connectivity index (χ2v) is 34.2. The van der Waals surface area contributed by atoms with E-state index in [0.29, 0.717) is 51.4 Å². The van der Waals surface area contributed by atoms with Crippen LogP contribution in [0.25, 0.3) is 0 Å². The number of hydrogen-bond acceptors (Lipinski definition) is 12. The Labute approximate surface area is 484 Å². The minimum Gasteiger partial charge on any atom is -0.460 e. The highest BCUT2D eigenvalue weighted by atomic mass is 35.5. The zero-order valence-electron chi connectivity index (χ0n) is 51.7. The molecule has 0 radical (unpaired) electrons. The molecule has 2 saturated heterocycles. The zero-order chi connectivity index (χ0) is 58.8. The number of allylic oxidation sites excluding steroid dienone is 6. The van der Waals surface area contributed by atoms with E-state index in [-0.39, 0.29) is 66.5 Å². The van der Waals surface area contributed by atoms with Gasteiger partial charge in [0.15, 0.2) is 22.4 Å². The minimum atomic E-state index is -2.35. The fourth-order valence-electron chi connectivity index (χ4n) is 12.9. The molecule has 450 valence electrons. The third-order valence-corrected chi connectivity index (χ3v) is 28.9. The van der Waals surface area contributed by atoms with Crippen molar-refractivity contribution in [1.29, 1.82) is 0 Å². The Balaban J connectivity index is 1.80. The van der Waals surface area contributed by atoms with Crippen molar-refractivity contribution in [3.05, 3.63) is 47.6 Å². The molecule has 79 heavy (non-hydrogen) atoms. The minimum absolute atomic E-state index is 0.0157. The fourth-order valence-corrected chi connectivity index (χ4v) is 19.0. The average Bonchev–Trinajstić information content (AvgIpc) is 3.45. The van der Waals surface area contributed by atoms with Gasteiger partial charge >= 0.3 is 5.97 Å². The van der Waals surface area contributed by atoms with Gasteiger partial charge in [-0.2, -0.15) is 0 Å². The van der Waals surface area contributed by atoms with E-state index in [1.807, 2.05) is 71.9 Å². The van der Waals surface area contributed by atoms with Gasteiger partial charge in [-0.05, 0) is 143 Å². The number of ether oxygens (including phenoxy) is 5. The maximum atomic E-state index is 14.9. The molecule has 0 aromatic rings. The monoisotopic (exact) mass is 1160 g/mol. The van der Waals surface area contributed by atoms with Gasteiger partial charge in [0, 0.05) is 58.5 Å². The summed E-state index contributed by atoms with van der Waals surface area (Å²) in [6, 6.07) is 4.67. The van der Waals surface area contributed by atoms with Crippen molar-refractivity contribution in [1.82, 2.24) is 4.90 Å². The van der Waals surface area contributed by atoms with Gasteiger partial charge in [0.05, 0.1) is 30.5 Å². The summed E-state index contributed by atoms with van der Waals surface area (Å²) in [7, 11) is 0.717. The molecule has 0 N–H and O–H groups in total. The first kappa shape index (κ1) is 68.9. The SMILES string of the molecule is CC[Si](CC)(CC)O[C@@H]1/C(C)=C/[C@@H](C)C(=O)C[C@@H]([C@H](C)C[C@@H]2CC[C@@H](O[Si](CC)(CC)CC)[C@H](OC)C2)OC(=O)[C@@H]2CCCCN2C(=O)C(=O)C2(Cl)O[C@@H](CC[C@H]2C)C[C@H](OC)/C(C)=C/C=C/C=C/[C@@H](C)C[C@@H](C)C(=O)[C@@H]1OC. The molecule has 3 fully saturated rings. The predicted molar refractivity (Wildman–Crippen MR) is 321 cm³/mol. The number of ketones is 3. The number of Topliss-reactive ketones (excluding diaryl/α,β-unsaturated/α-hetero) is 3. The van der Waals surface area contributed by atoms with Crippen molar-refractivity contribution in [3.63, 3.8) is 0 Å². The summed E-state index contributed by atoms with van der Waals surface area (Å²) < 4.78 is 45.5. The van der Waals surface area contributed by atoms with E-state index >= 15 is 0 Å². The van der Waals surface area contributed by atoms with Crippen molar-refractivity contribution >= 4 is 57.5 Å². The summed E-state index contributed by atoms with van der Waals surface area (Å²) >= 11 is 7.22. The van der Waals surface area contributed by atoms with Gasteiger partial charge in [0.25, 0.3) is 11.7 Å². The Morgan fingerprint density at radius 3 is 1.97 bits per heavy atom. The Kier molecular flexibility index (Phi) is 28.3. The van der Waals surface area contributed by atoms with E-state index < -0.39 is 81.6 Å². The van der Waals surface area contributed by atoms with Crippen LogP contribution < -0.4 is 0 Å². The molecule has 0 aromatic carbocycles. The van der Waals surface area contributed by atoms with Gasteiger partial charge in [-0.3, -0.25) is 19.2 Å². The normalized spacial score (nSPS) is 35.8. The van der Waals surface area contributed by atoms with Gasteiger partial charge < -0.3 is 37.4 Å². The van der Waals surface area contributed by atoms with E-state index in [9.17, 15) is 24.0 Å². The van der Waals surface area contributed by atoms with Crippen molar-refractivity contribution in [2.45, 2.75) is 257 Å². The molecule has 0 spiro atoms. The van der Waals surface area contributed by atoms with Gasteiger partial charge in [0.1, 0.15) is 24.0 Å². The molecule has 4 aliphatic rings. The van der Waals surface area contributed by atoms with E-state index in [2.05, 4.69) is 54.5 Å². The number of halogens is 1. The molecule has 13 nitrogen and oxygen atoms in total. The molecule has 1 unspecified atom stereocenters. The van der Waals surface area contributed by atoms with E-state index in [1.54, 1.807) is 21.3 Å². The Hall–Kier alpha value is -2.61. The summed E-state index contributed by atoms with van der Waals surface area (Å²) in [4.78, 5) is 74.9. The van der Waals surface area contributed by atoms with Crippen LogP contribution in [-0.2, 0) is 56.5 Å². The van der Waals surface area contributed by atoms with E-state index in [4.69, 9.17) is 44.1 Å². The molecule has 3 heterocycles. The highest BCUT2D eigenvalue weighted by Crippen LogP contribution is 2.42. The Bertz CT molecular complexity index is 2090. The Morgan fingerprint density at radius 1 is 0.722 bits per heavy atom. The van der Waals surface area contributed by atoms with E-state index in [1.165, 1.54) is 4.90 Å². The number of nitrogens with zero attached hydrogens (tertiary/aromatic N) is 1. The van der Waals surface area contributed by atoms with Crippen LogP contribution in [0.3, 0.4) is 0 Å². The summed E-state index contributed by atoms with van der Waals surface area (Å²) in [5.74, 6) is -4.06. The molecule has 0 aromatic heterocycles. The van der Waals surface area contributed by atoms with Gasteiger partial charge in [0.2, 0.25) is 5.06 Å². The number of amides is 1. The number of methoxy groups -OCH3 is 3. The van der Waals surface area contributed by atoms with Crippen LogP contribution in [0.4, 0.5) is 0 Å². The van der Waals surface area contributed by atoms with Gasteiger partial charge in [-0.15, -0.1) is 0 Å². The summed E-state index contributed by atoms with van der Waals surface area (Å²) in [6.07, 6.45) is 15.3. The number of fused-ring (bicyclic) bond motifs is 3. The molecule has 4 rings (SSSR count). The standard InChI is InChI=1S/C63H106ClNO12Si2/c1-17-78(18-2,19-3)76-53-34-32-49(39-56(53)72-15)38-45(10)55-41-52(66)44(9)37-47(12)58(77-79(20-4,21-5)22-6)59(73-16)57(67)46(11)36-42(7)28-24-23-25-29-43(8)54(71-14)40-50-33-31-48(13)63(64,75-50)60(68)61(69)65-35-27-26-30-51(65)62(70)74-55/h23-25,28-29,37,42,44-46,48-51,53-56,58-59H,17-22,26-27,30-36,38-41H2,1-16H3/b25-23+,28-24+,43-29+,47-37+/t42-,44-,45-,46-,48-,49+,50+,51+,53-,54+,55+,56-,58-,59+,63?/m1/s1. The molecular weight excluding hydrogens is 1050 g/mol. The van der Waals surface area contributed by atoms with Crippen LogP contribution in [0.15, 0.2) is 47.6 Å². The maximum Gasteiger partial charge on any atom is 0.329 e. The van der Waals surface area contributed by atoms with Gasteiger partial charge in [-0.25, -0.2) is 4.79 Å². The van der Waals surface area contributed by atoms with Crippen molar-refractivity contribution < 1.29 is 56.5 Å². The van der Waals surface area contributed by atoms with Crippen LogP contribution in [0.5, 0.6) is 0 Å². The number of carbonyl (C=O) groups excluding carboxylic acids is 5. The fraction of sp³-hybridized carbons (Fsp3) is 0.794. The summed E-state index contributed by atoms with van der Waals surface area (Å²) in [5, 5.41) is -1.95. The topological polar surface area (TPSA) is 153 Å². The molecule has 3 aliphatic heterocycles. The van der Waals surface area contributed by atoms with Crippen LogP contribution in [0.2, 0.25) is 36.3 Å². The van der Waals surface area contributed by atoms with Crippen LogP contribution in [0, 0.1) is 35.5 Å². The highest BCUT2D eigenvalue weighted by Gasteiger charge is 2.53. The number of hydrogen-bond donors (Lipinski definition) is 0. The quantitative estimate of drug-likeness (QED) is 0.0475. The number of carbonyl (C=O) groups is 5. The Morgan fingerprint density at radius 2 is 1.37 bits per heavy atom. The molecule has 15 atom stereocenters. The molecule has 1 aliphatic carbocycles. The molecular formula is C63H106ClNO12Si2. The number of alkyl halides is 1. The number of rotatable bonds is 16. The number of esters is 1. The first-order chi connectivity index (χ1) is 37.5. The van der Waals surface area contributed by atoms with Crippen molar-refractivity contribution in [2.75, 3.05) is 27.9 Å². The smallest absolute Gasteiger partial charge is 0.329 e. The van der Waals surface area contributed by atoms with Gasteiger partial charge in [-0.1, -0.05) is 124 Å². The lowest BCUT2D eigenvalue weighted by Crippen LogP contribution is -2.58. The molecule has 1 saturated carbocycles. The molecule has 16 heteroatoms. The largest absolute Gasteiger partial charge is 0.460 e. The van der Waals surface area contributed by atoms with Crippen molar-refractivity contribution in [2.24, 2.45) is 35.5 Å². The third-order valence-electron chi connectivity index (χ3n) is 19.0. The third kappa shape index (κ3) is 18.2. The average molecular weight is 1160 g/mol. The molecule has 1 amide bonds. The second-order valence-electron chi connectivity index (χ2n) is 24.2. The predicted octanol–water partition coefficient (Wildman–Crippen LogP) is 13.5. The first-order valence-corrected chi connectivity index (χ1v) is 36.1. The van der Waals surface area contributed by atoms with Crippen LogP contribution in [0.1, 0.15) is 167 Å². The van der Waals surface area contributed by atoms with E-state index in [0.717, 1.165) is 66.7 Å². The number of cyclic esters (lactones) is 1. The first-order valence-electron chi connectivity index (χ1n) is 30.6. The number of piperidine rings is 1.